The van der Waals surface area contributed by atoms with Crippen LogP contribution in [0.2, 0.25) is 0 Å². The van der Waals surface area contributed by atoms with E-state index in [4.69, 9.17) is 0 Å². The Morgan fingerprint density at radius 3 is 2.89 bits per heavy atom. The Kier molecular flexibility index (Phi) is 4.24. The van der Waals surface area contributed by atoms with Crippen LogP contribution in [-0.2, 0) is 0 Å². The van der Waals surface area contributed by atoms with Crippen molar-refractivity contribution in [1.82, 2.24) is 5.32 Å². The summed E-state index contributed by atoms with van der Waals surface area (Å²) in [5.74, 6) is 0.834. The van der Waals surface area contributed by atoms with Crippen molar-refractivity contribution in [3.05, 3.63) is 29.8 Å². The average Bonchev–Trinajstić information content (AvgIpc) is 2.86. The van der Waals surface area contributed by atoms with Crippen molar-refractivity contribution < 1.29 is 4.79 Å². The quantitative estimate of drug-likeness (QED) is 0.857. The van der Waals surface area contributed by atoms with E-state index in [-0.39, 0.29) is 5.91 Å². The van der Waals surface area contributed by atoms with Crippen molar-refractivity contribution >= 4 is 11.6 Å². The molecule has 1 amide bonds. The van der Waals surface area contributed by atoms with E-state index < -0.39 is 0 Å². The molecule has 2 rings (SSSR count). The topological polar surface area (TPSA) is 41.1 Å². The largest absolute Gasteiger partial charge is 0.382 e. The first-order chi connectivity index (χ1) is 8.72. The van der Waals surface area contributed by atoms with Gasteiger partial charge in [0.1, 0.15) is 0 Å². The standard InChI is InChI=1S/C15H22N2O/c1-3-11-7-8-14(9-11)17-13-6-4-5-12(10-13)15(18)16-2/h4-6,10-11,14,17H,3,7-9H2,1-2H3,(H,16,18). The van der Waals surface area contributed by atoms with Gasteiger partial charge in [0.2, 0.25) is 0 Å². The van der Waals surface area contributed by atoms with E-state index in [1.54, 1.807) is 7.05 Å². The third-order valence-electron chi connectivity index (χ3n) is 3.84. The number of carbonyl (C=O) groups is 1. The van der Waals surface area contributed by atoms with Gasteiger partial charge in [-0.25, -0.2) is 0 Å². The maximum absolute atomic E-state index is 11.6. The van der Waals surface area contributed by atoms with Gasteiger partial charge >= 0.3 is 0 Å². The molecule has 1 aliphatic carbocycles. The van der Waals surface area contributed by atoms with Crippen molar-refractivity contribution in [1.29, 1.82) is 0 Å². The zero-order chi connectivity index (χ0) is 13.0. The second-order valence-electron chi connectivity index (χ2n) is 5.09. The Morgan fingerprint density at radius 2 is 2.22 bits per heavy atom. The van der Waals surface area contributed by atoms with Crippen LogP contribution in [0.4, 0.5) is 5.69 Å². The Bertz CT molecular complexity index is 417. The molecule has 0 saturated heterocycles. The van der Waals surface area contributed by atoms with Crippen LogP contribution in [0.1, 0.15) is 43.0 Å². The van der Waals surface area contributed by atoms with Gasteiger partial charge in [0, 0.05) is 24.3 Å². The highest BCUT2D eigenvalue weighted by Crippen LogP contribution is 2.30. The number of benzene rings is 1. The monoisotopic (exact) mass is 246 g/mol. The summed E-state index contributed by atoms with van der Waals surface area (Å²) in [6, 6.07) is 8.30. The lowest BCUT2D eigenvalue weighted by atomic mass is 10.1. The Labute approximate surface area is 109 Å². The van der Waals surface area contributed by atoms with Crippen LogP contribution in [-0.4, -0.2) is 19.0 Å². The fourth-order valence-electron chi connectivity index (χ4n) is 2.71. The molecule has 1 aromatic carbocycles. The molecule has 0 spiro atoms. The lowest BCUT2D eigenvalue weighted by molar-refractivity contribution is 0.0963. The van der Waals surface area contributed by atoms with E-state index >= 15 is 0 Å². The Hall–Kier alpha value is -1.51. The average molecular weight is 246 g/mol. The second-order valence-corrected chi connectivity index (χ2v) is 5.09. The normalized spacial score (nSPS) is 22.8. The van der Waals surface area contributed by atoms with Gasteiger partial charge in [-0.2, -0.15) is 0 Å². The number of carbonyl (C=O) groups excluding carboxylic acids is 1. The summed E-state index contributed by atoms with van der Waals surface area (Å²) in [6.45, 7) is 2.26. The first-order valence-electron chi connectivity index (χ1n) is 6.81. The number of nitrogens with one attached hydrogen (secondary N) is 2. The van der Waals surface area contributed by atoms with E-state index in [0.717, 1.165) is 11.6 Å². The molecule has 0 radical (unpaired) electrons. The molecule has 2 N–H and O–H groups in total. The fourth-order valence-corrected chi connectivity index (χ4v) is 2.71. The lowest BCUT2D eigenvalue weighted by Crippen LogP contribution is -2.19. The molecule has 0 aromatic heterocycles. The number of hydrogen-bond acceptors (Lipinski definition) is 2. The van der Waals surface area contributed by atoms with E-state index in [0.29, 0.717) is 11.6 Å². The number of anilines is 1. The Morgan fingerprint density at radius 1 is 1.39 bits per heavy atom. The van der Waals surface area contributed by atoms with Gasteiger partial charge in [-0.3, -0.25) is 4.79 Å². The molecule has 1 aromatic rings. The molecule has 1 fully saturated rings. The third-order valence-corrected chi connectivity index (χ3v) is 3.84. The lowest BCUT2D eigenvalue weighted by Gasteiger charge is -2.15. The van der Waals surface area contributed by atoms with E-state index in [2.05, 4.69) is 17.6 Å². The zero-order valence-electron chi connectivity index (χ0n) is 11.2. The van der Waals surface area contributed by atoms with Crippen molar-refractivity contribution in [2.75, 3.05) is 12.4 Å². The molecule has 2 atom stereocenters. The molecule has 0 heterocycles. The molecule has 3 nitrogen and oxygen atoms in total. The molecule has 3 heteroatoms. The molecule has 98 valence electrons. The van der Waals surface area contributed by atoms with Gasteiger partial charge in [-0.15, -0.1) is 0 Å². The minimum atomic E-state index is -0.0310. The van der Waals surface area contributed by atoms with Gasteiger partial charge in [-0.05, 0) is 43.4 Å². The van der Waals surface area contributed by atoms with Gasteiger partial charge in [0.15, 0.2) is 0 Å². The Balaban J connectivity index is 1.99. The summed E-state index contributed by atoms with van der Waals surface area (Å²) in [5, 5.41) is 6.20. The van der Waals surface area contributed by atoms with Gasteiger partial charge < -0.3 is 10.6 Å². The SMILES string of the molecule is CCC1CCC(Nc2cccc(C(=O)NC)c2)C1. The van der Waals surface area contributed by atoms with Crippen LogP contribution in [0, 0.1) is 5.92 Å². The first-order valence-corrected chi connectivity index (χ1v) is 6.81. The minimum Gasteiger partial charge on any atom is -0.382 e. The van der Waals surface area contributed by atoms with Crippen molar-refractivity contribution in [3.8, 4) is 0 Å². The van der Waals surface area contributed by atoms with Gasteiger partial charge in [0.05, 0.1) is 0 Å². The highest BCUT2D eigenvalue weighted by Gasteiger charge is 2.23. The predicted molar refractivity (Wildman–Crippen MR) is 74.9 cm³/mol. The van der Waals surface area contributed by atoms with Crippen LogP contribution < -0.4 is 10.6 Å². The first kappa shape index (κ1) is 12.9. The maximum Gasteiger partial charge on any atom is 0.251 e. The van der Waals surface area contributed by atoms with Gasteiger partial charge in [-0.1, -0.05) is 19.4 Å². The molecule has 18 heavy (non-hydrogen) atoms. The summed E-state index contributed by atoms with van der Waals surface area (Å²) in [4.78, 5) is 11.6. The summed E-state index contributed by atoms with van der Waals surface area (Å²) in [5.41, 5.74) is 1.77. The molecule has 0 aliphatic heterocycles. The van der Waals surface area contributed by atoms with Crippen LogP contribution in [0.5, 0.6) is 0 Å². The summed E-state index contributed by atoms with van der Waals surface area (Å²) >= 11 is 0. The third kappa shape index (κ3) is 3.03. The maximum atomic E-state index is 11.6. The van der Waals surface area contributed by atoms with Crippen LogP contribution in [0.15, 0.2) is 24.3 Å². The van der Waals surface area contributed by atoms with Crippen LogP contribution in [0.25, 0.3) is 0 Å². The highest BCUT2D eigenvalue weighted by atomic mass is 16.1. The predicted octanol–water partition coefficient (Wildman–Crippen LogP) is 3.04. The molecule has 1 saturated carbocycles. The second kappa shape index (κ2) is 5.89. The van der Waals surface area contributed by atoms with Crippen molar-refractivity contribution in [3.63, 3.8) is 0 Å². The van der Waals surface area contributed by atoms with Crippen molar-refractivity contribution in [2.24, 2.45) is 5.92 Å². The van der Waals surface area contributed by atoms with E-state index in [1.807, 2.05) is 24.3 Å². The number of amides is 1. The summed E-state index contributed by atoms with van der Waals surface area (Å²) in [6.07, 6.45) is 5.09. The zero-order valence-corrected chi connectivity index (χ0v) is 11.2. The van der Waals surface area contributed by atoms with Gasteiger partial charge in [0.25, 0.3) is 5.91 Å². The smallest absolute Gasteiger partial charge is 0.251 e. The number of rotatable bonds is 4. The molecule has 0 bridgehead atoms. The molecular weight excluding hydrogens is 224 g/mol. The van der Waals surface area contributed by atoms with E-state index in [1.165, 1.54) is 25.7 Å². The van der Waals surface area contributed by atoms with Crippen LogP contribution >= 0.6 is 0 Å². The highest BCUT2D eigenvalue weighted by molar-refractivity contribution is 5.94. The minimum absolute atomic E-state index is 0.0310. The molecule has 2 unspecified atom stereocenters. The molecular formula is C15H22N2O. The summed E-state index contributed by atoms with van der Waals surface area (Å²) < 4.78 is 0. The fraction of sp³-hybridized carbons (Fsp3) is 0.533. The van der Waals surface area contributed by atoms with E-state index in [9.17, 15) is 4.79 Å². The van der Waals surface area contributed by atoms with Crippen LogP contribution in [0.3, 0.4) is 0 Å². The van der Waals surface area contributed by atoms with Crippen molar-refractivity contribution in [2.45, 2.75) is 38.6 Å². The number of hydrogen-bond donors (Lipinski definition) is 2. The molecule has 1 aliphatic rings. The summed E-state index contributed by atoms with van der Waals surface area (Å²) in [7, 11) is 1.66.